The van der Waals surface area contributed by atoms with Crippen molar-refractivity contribution >= 4 is 0 Å². The van der Waals surface area contributed by atoms with E-state index in [1.807, 2.05) is 13.8 Å². The summed E-state index contributed by atoms with van der Waals surface area (Å²) >= 11 is 0. The largest absolute Gasteiger partial charge is 0.494 e. The molecule has 0 saturated carbocycles. The maximum absolute atomic E-state index is 13.6. The van der Waals surface area contributed by atoms with E-state index in [9.17, 15) is 4.39 Å². The van der Waals surface area contributed by atoms with Crippen LogP contribution < -0.4 is 10.5 Å². The van der Waals surface area contributed by atoms with Gasteiger partial charge in [0.2, 0.25) is 0 Å². The van der Waals surface area contributed by atoms with Crippen molar-refractivity contribution in [2.24, 2.45) is 5.73 Å². The molecular formula is C14H22FNO3. The highest BCUT2D eigenvalue weighted by molar-refractivity contribution is 5.29. The van der Waals surface area contributed by atoms with Gasteiger partial charge in [-0.15, -0.1) is 0 Å². The predicted molar refractivity (Wildman–Crippen MR) is 71.7 cm³/mol. The molecule has 1 aromatic carbocycles. The molecule has 0 heterocycles. The molecule has 19 heavy (non-hydrogen) atoms. The first-order valence-electron chi connectivity index (χ1n) is 6.43. The second kappa shape index (κ2) is 8.09. The van der Waals surface area contributed by atoms with Crippen molar-refractivity contribution in [3.8, 4) is 5.75 Å². The van der Waals surface area contributed by atoms with E-state index in [1.54, 1.807) is 12.1 Å². The number of benzene rings is 1. The lowest BCUT2D eigenvalue weighted by Gasteiger charge is -2.23. The van der Waals surface area contributed by atoms with Gasteiger partial charge < -0.3 is 19.9 Å². The van der Waals surface area contributed by atoms with E-state index < -0.39 is 12.1 Å². The van der Waals surface area contributed by atoms with Gasteiger partial charge >= 0.3 is 0 Å². The van der Waals surface area contributed by atoms with Crippen LogP contribution in [0.2, 0.25) is 0 Å². The number of methoxy groups -OCH3 is 1. The predicted octanol–water partition coefficient (Wildman–Crippen LogP) is 2.10. The summed E-state index contributed by atoms with van der Waals surface area (Å²) in [5, 5.41) is 0. The minimum absolute atomic E-state index is 0.225. The SMILES string of the molecule is CCOC(OCC)C(N)Cc1ccc(OC)c(F)c1. The number of hydrogen-bond donors (Lipinski definition) is 1. The van der Waals surface area contributed by atoms with Gasteiger partial charge in [0, 0.05) is 13.2 Å². The lowest BCUT2D eigenvalue weighted by atomic mass is 10.1. The van der Waals surface area contributed by atoms with Gasteiger partial charge in [0.05, 0.1) is 13.2 Å². The summed E-state index contributed by atoms with van der Waals surface area (Å²) in [5.74, 6) is -0.167. The van der Waals surface area contributed by atoms with Gasteiger partial charge in [-0.2, -0.15) is 0 Å². The number of hydrogen-bond acceptors (Lipinski definition) is 4. The molecule has 0 fully saturated rings. The van der Waals surface area contributed by atoms with Crippen molar-refractivity contribution < 1.29 is 18.6 Å². The Hall–Kier alpha value is -1.17. The summed E-state index contributed by atoms with van der Waals surface area (Å²) in [6.45, 7) is 4.81. The molecule has 108 valence electrons. The fourth-order valence-electron chi connectivity index (χ4n) is 1.83. The molecule has 1 aromatic rings. The van der Waals surface area contributed by atoms with Crippen LogP contribution in [-0.4, -0.2) is 32.7 Å². The molecule has 1 atom stereocenters. The second-order valence-electron chi connectivity index (χ2n) is 4.12. The molecular weight excluding hydrogens is 249 g/mol. The van der Waals surface area contributed by atoms with Crippen molar-refractivity contribution in [1.29, 1.82) is 0 Å². The van der Waals surface area contributed by atoms with Crippen LogP contribution in [0.5, 0.6) is 5.75 Å². The normalized spacial score (nSPS) is 12.7. The van der Waals surface area contributed by atoms with Gasteiger partial charge in [0.15, 0.2) is 17.9 Å². The summed E-state index contributed by atoms with van der Waals surface area (Å²) in [6, 6.07) is 4.46. The third kappa shape index (κ3) is 4.78. The van der Waals surface area contributed by atoms with Gasteiger partial charge in [-0.1, -0.05) is 6.07 Å². The smallest absolute Gasteiger partial charge is 0.172 e. The van der Waals surface area contributed by atoms with Crippen LogP contribution in [0.3, 0.4) is 0 Å². The van der Waals surface area contributed by atoms with Crippen molar-refractivity contribution in [2.45, 2.75) is 32.6 Å². The molecule has 2 N–H and O–H groups in total. The first kappa shape index (κ1) is 15.9. The van der Waals surface area contributed by atoms with Crippen LogP contribution in [-0.2, 0) is 15.9 Å². The van der Waals surface area contributed by atoms with Crippen molar-refractivity contribution in [3.05, 3.63) is 29.6 Å². The summed E-state index contributed by atoms with van der Waals surface area (Å²) < 4.78 is 29.3. The van der Waals surface area contributed by atoms with E-state index >= 15 is 0 Å². The molecule has 0 bridgehead atoms. The minimum Gasteiger partial charge on any atom is -0.494 e. The molecule has 4 nitrogen and oxygen atoms in total. The summed E-state index contributed by atoms with van der Waals surface area (Å²) in [5.41, 5.74) is 6.83. The molecule has 0 aliphatic carbocycles. The maximum atomic E-state index is 13.6. The van der Waals surface area contributed by atoms with E-state index in [1.165, 1.54) is 13.2 Å². The van der Waals surface area contributed by atoms with Crippen molar-refractivity contribution in [3.63, 3.8) is 0 Å². The molecule has 0 aliphatic rings. The Morgan fingerprint density at radius 1 is 1.21 bits per heavy atom. The average molecular weight is 271 g/mol. The van der Waals surface area contributed by atoms with E-state index in [-0.39, 0.29) is 11.8 Å². The minimum atomic E-state index is -0.472. The quantitative estimate of drug-likeness (QED) is 0.736. The molecule has 1 rings (SSSR count). The summed E-state index contributed by atoms with van der Waals surface area (Å²) in [4.78, 5) is 0. The Balaban J connectivity index is 2.68. The van der Waals surface area contributed by atoms with Gasteiger partial charge in [-0.3, -0.25) is 0 Å². The van der Waals surface area contributed by atoms with E-state index in [2.05, 4.69) is 0 Å². The van der Waals surface area contributed by atoms with E-state index in [0.717, 1.165) is 5.56 Å². The molecule has 1 unspecified atom stereocenters. The van der Waals surface area contributed by atoms with E-state index in [4.69, 9.17) is 19.9 Å². The lowest BCUT2D eigenvalue weighted by Crippen LogP contribution is -2.40. The molecule has 0 aliphatic heterocycles. The van der Waals surface area contributed by atoms with Crippen LogP contribution in [0, 0.1) is 5.82 Å². The topological polar surface area (TPSA) is 53.7 Å². The highest BCUT2D eigenvalue weighted by Gasteiger charge is 2.19. The van der Waals surface area contributed by atoms with Gasteiger partial charge in [-0.25, -0.2) is 4.39 Å². The van der Waals surface area contributed by atoms with Crippen molar-refractivity contribution in [2.75, 3.05) is 20.3 Å². The number of ether oxygens (including phenoxy) is 3. The Kier molecular flexibility index (Phi) is 6.77. The molecule has 0 spiro atoms. The number of halogens is 1. The fourth-order valence-corrected chi connectivity index (χ4v) is 1.83. The summed E-state index contributed by atoms with van der Waals surface area (Å²) in [7, 11) is 1.43. The number of rotatable bonds is 8. The second-order valence-corrected chi connectivity index (χ2v) is 4.12. The Bertz CT molecular complexity index is 381. The molecule has 0 saturated heterocycles. The van der Waals surface area contributed by atoms with Gasteiger partial charge in [0.1, 0.15) is 0 Å². The van der Waals surface area contributed by atoms with Gasteiger partial charge in [-0.05, 0) is 38.0 Å². The van der Waals surface area contributed by atoms with Crippen molar-refractivity contribution in [1.82, 2.24) is 0 Å². The molecule has 0 radical (unpaired) electrons. The first-order chi connectivity index (χ1) is 9.12. The third-order valence-corrected chi connectivity index (χ3v) is 2.70. The average Bonchev–Trinajstić information content (AvgIpc) is 2.38. The van der Waals surface area contributed by atoms with Crippen LogP contribution in [0.15, 0.2) is 18.2 Å². The van der Waals surface area contributed by atoms with E-state index in [0.29, 0.717) is 19.6 Å². The Morgan fingerprint density at radius 3 is 2.32 bits per heavy atom. The zero-order valence-corrected chi connectivity index (χ0v) is 11.7. The third-order valence-electron chi connectivity index (χ3n) is 2.70. The van der Waals surface area contributed by atoms with Crippen LogP contribution in [0.4, 0.5) is 4.39 Å². The Morgan fingerprint density at radius 2 is 1.84 bits per heavy atom. The summed E-state index contributed by atoms with van der Waals surface area (Å²) in [6.07, 6.45) is 0.00569. The zero-order chi connectivity index (χ0) is 14.3. The standard InChI is InChI=1S/C14H22FNO3/c1-4-18-14(19-5-2)12(16)9-10-6-7-13(17-3)11(15)8-10/h6-8,12,14H,4-5,9,16H2,1-3H3. The monoisotopic (exact) mass is 271 g/mol. The zero-order valence-electron chi connectivity index (χ0n) is 11.7. The highest BCUT2D eigenvalue weighted by Crippen LogP contribution is 2.19. The number of nitrogens with two attached hydrogens (primary N) is 1. The molecule has 5 heteroatoms. The fraction of sp³-hybridized carbons (Fsp3) is 0.571. The molecule has 0 aromatic heterocycles. The van der Waals surface area contributed by atoms with Crippen LogP contribution in [0.25, 0.3) is 0 Å². The maximum Gasteiger partial charge on any atom is 0.172 e. The van der Waals surface area contributed by atoms with Crippen LogP contribution in [0.1, 0.15) is 19.4 Å². The van der Waals surface area contributed by atoms with Gasteiger partial charge in [0.25, 0.3) is 0 Å². The Labute approximate surface area is 113 Å². The first-order valence-corrected chi connectivity index (χ1v) is 6.43. The highest BCUT2D eigenvalue weighted by atomic mass is 19.1. The van der Waals surface area contributed by atoms with Crippen LogP contribution >= 0.6 is 0 Å². The molecule has 0 amide bonds. The lowest BCUT2D eigenvalue weighted by molar-refractivity contribution is -0.148.